The molecule has 0 unspecified atom stereocenters. The number of carbonyl (C=O) groups is 2. The Labute approximate surface area is 156 Å². The van der Waals surface area contributed by atoms with Crippen molar-refractivity contribution in [2.45, 2.75) is 20.0 Å². The van der Waals surface area contributed by atoms with Crippen LogP contribution in [0.5, 0.6) is 11.5 Å². The minimum Gasteiger partial charge on any atom is -0.493 e. The third-order valence-electron chi connectivity index (χ3n) is 3.13. The van der Waals surface area contributed by atoms with E-state index in [0.29, 0.717) is 17.2 Å². The molecule has 0 atom stereocenters. The predicted octanol–water partition coefficient (Wildman–Crippen LogP) is 3.33. The van der Waals surface area contributed by atoms with Gasteiger partial charge in [-0.05, 0) is 44.2 Å². The summed E-state index contributed by atoms with van der Waals surface area (Å²) in [7, 11) is 1.47. The SMILES string of the molecule is COc1cc(C(=O)OCC(=O)Nc2cccnc2Cl)ccc1OC(C)C. The molecular formula is C18H19ClN2O5. The first-order chi connectivity index (χ1) is 12.4. The fourth-order valence-electron chi connectivity index (χ4n) is 2.03. The van der Waals surface area contributed by atoms with Gasteiger partial charge in [0.2, 0.25) is 0 Å². The zero-order valence-electron chi connectivity index (χ0n) is 14.6. The fraction of sp³-hybridized carbons (Fsp3) is 0.278. The first-order valence-electron chi connectivity index (χ1n) is 7.83. The lowest BCUT2D eigenvalue weighted by Crippen LogP contribution is -2.21. The van der Waals surface area contributed by atoms with Crippen LogP contribution in [-0.2, 0) is 9.53 Å². The third kappa shape index (κ3) is 5.35. The van der Waals surface area contributed by atoms with Crippen molar-refractivity contribution in [2.24, 2.45) is 0 Å². The van der Waals surface area contributed by atoms with Crippen LogP contribution in [-0.4, -0.2) is 36.7 Å². The molecule has 138 valence electrons. The number of halogens is 1. The van der Waals surface area contributed by atoms with Gasteiger partial charge < -0.3 is 19.5 Å². The maximum Gasteiger partial charge on any atom is 0.338 e. The summed E-state index contributed by atoms with van der Waals surface area (Å²) >= 11 is 5.85. The van der Waals surface area contributed by atoms with Crippen LogP contribution in [0.4, 0.5) is 5.69 Å². The Morgan fingerprint density at radius 1 is 1.23 bits per heavy atom. The highest BCUT2D eigenvalue weighted by Crippen LogP contribution is 2.29. The molecule has 2 rings (SSSR count). The van der Waals surface area contributed by atoms with E-state index in [0.717, 1.165) is 0 Å². The molecule has 0 aliphatic heterocycles. The van der Waals surface area contributed by atoms with Gasteiger partial charge in [-0.25, -0.2) is 9.78 Å². The van der Waals surface area contributed by atoms with Gasteiger partial charge in [0.25, 0.3) is 5.91 Å². The summed E-state index contributed by atoms with van der Waals surface area (Å²) in [6, 6.07) is 7.87. The first-order valence-corrected chi connectivity index (χ1v) is 8.20. The van der Waals surface area contributed by atoms with Gasteiger partial charge in [-0.3, -0.25) is 4.79 Å². The van der Waals surface area contributed by atoms with Crippen molar-refractivity contribution < 1.29 is 23.8 Å². The standard InChI is InChI=1S/C18H19ClN2O5/c1-11(2)26-14-7-6-12(9-15(14)24-3)18(23)25-10-16(22)21-13-5-4-8-20-17(13)19/h4-9,11H,10H2,1-3H3,(H,21,22). The van der Waals surface area contributed by atoms with Crippen LogP contribution >= 0.6 is 11.6 Å². The number of hydrogen-bond acceptors (Lipinski definition) is 6. The van der Waals surface area contributed by atoms with Crippen LogP contribution in [0.1, 0.15) is 24.2 Å². The largest absolute Gasteiger partial charge is 0.493 e. The Balaban J connectivity index is 1.97. The summed E-state index contributed by atoms with van der Waals surface area (Å²) in [5.74, 6) is -0.269. The van der Waals surface area contributed by atoms with Crippen LogP contribution in [0.2, 0.25) is 5.15 Å². The third-order valence-corrected chi connectivity index (χ3v) is 3.43. The van der Waals surface area contributed by atoms with E-state index in [1.165, 1.54) is 19.4 Å². The average molecular weight is 379 g/mol. The molecule has 0 fully saturated rings. The fourth-order valence-corrected chi connectivity index (χ4v) is 2.19. The number of anilines is 1. The monoisotopic (exact) mass is 378 g/mol. The average Bonchev–Trinajstić information content (AvgIpc) is 2.61. The molecule has 1 heterocycles. The first kappa shape index (κ1) is 19.5. The lowest BCUT2D eigenvalue weighted by atomic mass is 10.2. The molecule has 0 saturated carbocycles. The Bertz CT molecular complexity index is 795. The highest BCUT2D eigenvalue weighted by atomic mass is 35.5. The van der Waals surface area contributed by atoms with Gasteiger partial charge in [0, 0.05) is 6.20 Å². The van der Waals surface area contributed by atoms with Crippen molar-refractivity contribution in [1.82, 2.24) is 4.98 Å². The van der Waals surface area contributed by atoms with Crippen LogP contribution in [0.15, 0.2) is 36.5 Å². The zero-order chi connectivity index (χ0) is 19.1. The molecule has 0 aliphatic carbocycles. The molecule has 7 nitrogen and oxygen atoms in total. The second-order valence-corrected chi connectivity index (χ2v) is 5.86. The van der Waals surface area contributed by atoms with Crippen molar-refractivity contribution in [3.63, 3.8) is 0 Å². The number of carbonyl (C=O) groups excluding carboxylic acids is 2. The van der Waals surface area contributed by atoms with E-state index in [4.69, 9.17) is 25.8 Å². The molecule has 1 aromatic heterocycles. The second-order valence-electron chi connectivity index (χ2n) is 5.50. The summed E-state index contributed by atoms with van der Waals surface area (Å²) < 4.78 is 15.8. The number of nitrogens with one attached hydrogen (secondary N) is 1. The van der Waals surface area contributed by atoms with E-state index in [2.05, 4.69) is 10.3 Å². The molecule has 0 saturated heterocycles. The normalized spacial score (nSPS) is 10.3. The zero-order valence-corrected chi connectivity index (χ0v) is 15.4. The maximum absolute atomic E-state index is 12.1. The van der Waals surface area contributed by atoms with Crippen molar-refractivity contribution >= 4 is 29.2 Å². The van der Waals surface area contributed by atoms with Gasteiger partial charge in [0.1, 0.15) is 0 Å². The molecule has 0 spiro atoms. The molecule has 26 heavy (non-hydrogen) atoms. The number of esters is 1. The van der Waals surface area contributed by atoms with E-state index in [-0.39, 0.29) is 16.8 Å². The molecule has 2 aromatic rings. The smallest absolute Gasteiger partial charge is 0.338 e. The molecule has 1 amide bonds. The number of aromatic nitrogens is 1. The van der Waals surface area contributed by atoms with Crippen molar-refractivity contribution in [3.05, 3.63) is 47.2 Å². The van der Waals surface area contributed by atoms with Gasteiger partial charge in [-0.1, -0.05) is 11.6 Å². The number of pyridine rings is 1. The van der Waals surface area contributed by atoms with Crippen LogP contribution in [0, 0.1) is 0 Å². The lowest BCUT2D eigenvalue weighted by molar-refractivity contribution is -0.119. The number of hydrogen-bond donors (Lipinski definition) is 1. The van der Waals surface area contributed by atoms with Gasteiger partial charge in [0.15, 0.2) is 23.3 Å². The molecular weight excluding hydrogens is 360 g/mol. The Hall–Kier alpha value is -2.80. The maximum atomic E-state index is 12.1. The molecule has 8 heteroatoms. The number of ether oxygens (including phenoxy) is 3. The van der Waals surface area contributed by atoms with Crippen LogP contribution in [0.3, 0.4) is 0 Å². The lowest BCUT2D eigenvalue weighted by Gasteiger charge is -2.14. The minimum absolute atomic E-state index is 0.0373. The molecule has 0 bridgehead atoms. The molecule has 1 N–H and O–H groups in total. The summed E-state index contributed by atoms with van der Waals surface area (Å²) in [5, 5.41) is 2.67. The van der Waals surface area contributed by atoms with E-state index < -0.39 is 18.5 Å². The number of rotatable bonds is 7. The van der Waals surface area contributed by atoms with Crippen LogP contribution < -0.4 is 14.8 Å². The summed E-state index contributed by atoms with van der Waals surface area (Å²) in [4.78, 5) is 27.9. The molecule has 0 radical (unpaired) electrons. The van der Waals surface area contributed by atoms with Gasteiger partial charge in [-0.2, -0.15) is 0 Å². The topological polar surface area (TPSA) is 86.8 Å². The Kier molecular flexibility index (Phi) is 6.80. The predicted molar refractivity (Wildman–Crippen MR) is 96.9 cm³/mol. The Morgan fingerprint density at radius 2 is 2.00 bits per heavy atom. The van der Waals surface area contributed by atoms with Crippen molar-refractivity contribution in [3.8, 4) is 11.5 Å². The number of methoxy groups -OCH3 is 1. The number of benzene rings is 1. The van der Waals surface area contributed by atoms with E-state index in [1.54, 1.807) is 24.3 Å². The van der Waals surface area contributed by atoms with Gasteiger partial charge >= 0.3 is 5.97 Å². The summed E-state index contributed by atoms with van der Waals surface area (Å²) in [5.41, 5.74) is 0.581. The van der Waals surface area contributed by atoms with E-state index >= 15 is 0 Å². The molecule has 1 aromatic carbocycles. The van der Waals surface area contributed by atoms with Crippen LogP contribution in [0.25, 0.3) is 0 Å². The van der Waals surface area contributed by atoms with Gasteiger partial charge in [-0.15, -0.1) is 0 Å². The summed E-state index contributed by atoms with van der Waals surface area (Å²) in [6.07, 6.45) is 1.46. The molecule has 0 aliphatic rings. The highest BCUT2D eigenvalue weighted by molar-refractivity contribution is 6.32. The van der Waals surface area contributed by atoms with E-state index in [1.807, 2.05) is 13.8 Å². The van der Waals surface area contributed by atoms with Crippen molar-refractivity contribution in [1.29, 1.82) is 0 Å². The second kappa shape index (κ2) is 9.05. The van der Waals surface area contributed by atoms with Gasteiger partial charge in [0.05, 0.1) is 24.5 Å². The highest BCUT2D eigenvalue weighted by Gasteiger charge is 2.15. The van der Waals surface area contributed by atoms with Crippen molar-refractivity contribution in [2.75, 3.05) is 19.0 Å². The number of amides is 1. The minimum atomic E-state index is -0.660. The quantitative estimate of drug-likeness (QED) is 0.587. The number of nitrogens with zero attached hydrogens (tertiary/aromatic N) is 1. The summed E-state index contributed by atoms with van der Waals surface area (Å²) in [6.45, 7) is 3.31. The Morgan fingerprint density at radius 3 is 2.65 bits per heavy atom. The van der Waals surface area contributed by atoms with E-state index in [9.17, 15) is 9.59 Å².